The van der Waals surface area contributed by atoms with Crippen molar-refractivity contribution in [2.45, 2.75) is 46.0 Å². The van der Waals surface area contributed by atoms with E-state index in [-0.39, 0.29) is 23.4 Å². The van der Waals surface area contributed by atoms with E-state index >= 15 is 0 Å². The molecule has 0 aromatic heterocycles. The Hall–Kier alpha value is -0.660. The van der Waals surface area contributed by atoms with Crippen LogP contribution >= 0.6 is 0 Å². The van der Waals surface area contributed by atoms with Crippen LogP contribution < -0.4 is 0 Å². The summed E-state index contributed by atoms with van der Waals surface area (Å²) in [5, 5.41) is 0. The van der Waals surface area contributed by atoms with E-state index in [9.17, 15) is 9.59 Å². The number of carbonyl (C=O) groups is 2. The lowest BCUT2D eigenvalue weighted by atomic mass is 9.82. The van der Waals surface area contributed by atoms with Gasteiger partial charge in [-0.15, -0.1) is 0 Å². The smallest absolute Gasteiger partial charge is 0.146 e. The summed E-state index contributed by atoms with van der Waals surface area (Å²) in [7, 11) is 0. The molecule has 68 valence electrons. The van der Waals surface area contributed by atoms with E-state index in [2.05, 4.69) is 0 Å². The molecule has 0 radical (unpaired) electrons. The summed E-state index contributed by atoms with van der Waals surface area (Å²) in [6.45, 7) is 3.47. The molecule has 0 aromatic rings. The van der Waals surface area contributed by atoms with Gasteiger partial charge in [0.25, 0.3) is 0 Å². The molecule has 0 atom stereocenters. The van der Waals surface area contributed by atoms with Crippen LogP contribution in [0, 0.1) is 5.41 Å². The molecule has 0 aliphatic heterocycles. The second-order valence-corrected chi connectivity index (χ2v) is 4.07. The Bertz CT molecular complexity index is 200. The summed E-state index contributed by atoms with van der Waals surface area (Å²) < 4.78 is 0. The molecule has 0 N–H and O–H groups in total. The summed E-state index contributed by atoms with van der Waals surface area (Å²) in [6, 6.07) is 0. The zero-order chi connectivity index (χ0) is 9.19. The van der Waals surface area contributed by atoms with Crippen LogP contribution in [0.2, 0.25) is 0 Å². The summed E-state index contributed by atoms with van der Waals surface area (Å²) in [6.07, 6.45) is 4.36. The van der Waals surface area contributed by atoms with Crippen molar-refractivity contribution in [1.29, 1.82) is 0 Å². The summed E-state index contributed by atoms with van der Waals surface area (Å²) in [5.41, 5.74) is -0.175. The summed E-state index contributed by atoms with van der Waals surface area (Å²) in [5.74, 6) is 0.139. The number of Topliss-reactive ketones (excluding diaryl/α,β-unsaturated/α-hetero) is 2. The molecule has 1 saturated carbocycles. The van der Waals surface area contributed by atoms with Gasteiger partial charge in [-0.05, 0) is 19.8 Å². The van der Waals surface area contributed by atoms with E-state index in [0.29, 0.717) is 0 Å². The van der Waals surface area contributed by atoms with Crippen LogP contribution in [0.15, 0.2) is 0 Å². The first-order valence-electron chi connectivity index (χ1n) is 4.57. The fourth-order valence-electron chi connectivity index (χ4n) is 1.87. The lowest BCUT2D eigenvalue weighted by molar-refractivity contribution is -0.132. The maximum absolute atomic E-state index is 11.6. The standard InChI is InChI=1S/C10H16O2/c1-8(11)7-9(12)10(2)5-3-4-6-10/h3-7H2,1-2H3. The first-order valence-corrected chi connectivity index (χ1v) is 4.57. The van der Waals surface area contributed by atoms with Gasteiger partial charge >= 0.3 is 0 Å². The Balaban J connectivity index is 2.56. The minimum Gasteiger partial charge on any atom is -0.300 e. The zero-order valence-corrected chi connectivity index (χ0v) is 7.85. The van der Waals surface area contributed by atoms with Crippen LogP contribution in [0.1, 0.15) is 46.0 Å². The van der Waals surface area contributed by atoms with Crippen molar-refractivity contribution >= 4 is 11.6 Å². The second kappa shape index (κ2) is 3.38. The van der Waals surface area contributed by atoms with Crippen molar-refractivity contribution in [3.05, 3.63) is 0 Å². The molecular formula is C10H16O2. The van der Waals surface area contributed by atoms with Crippen LogP contribution in [-0.2, 0) is 9.59 Å². The molecular weight excluding hydrogens is 152 g/mol. The fourth-order valence-corrected chi connectivity index (χ4v) is 1.87. The van der Waals surface area contributed by atoms with Crippen molar-refractivity contribution in [2.75, 3.05) is 0 Å². The van der Waals surface area contributed by atoms with Crippen molar-refractivity contribution in [3.8, 4) is 0 Å². The quantitative estimate of drug-likeness (QED) is 0.605. The molecule has 1 rings (SSSR count). The Morgan fingerprint density at radius 3 is 2.17 bits per heavy atom. The van der Waals surface area contributed by atoms with Gasteiger partial charge in [0.15, 0.2) is 0 Å². The summed E-state index contributed by atoms with van der Waals surface area (Å²) >= 11 is 0. The largest absolute Gasteiger partial charge is 0.300 e. The molecule has 0 saturated heterocycles. The maximum Gasteiger partial charge on any atom is 0.146 e. The molecule has 0 spiro atoms. The normalized spacial score (nSPS) is 20.8. The van der Waals surface area contributed by atoms with Crippen LogP contribution in [0.3, 0.4) is 0 Å². The minimum atomic E-state index is -0.175. The van der Waals surface area contributed by atoms with E-state index in [0.717, 1.165) is 25.7 Å². The topological polar surface area (TPSA) is 34.1 Å². The third kappa shape index (κ3) is 1.93. The predicted octanol–water partition coefficient (Wildman–Crippen LogP) is 2.11. The van der Waals surface area contributed by atoms with Crippen molar-refractivity contribution in [3.63, 3.8) is 0 Å². The first kappa shape index (κ1) is 9.43. The average molecular weight is 168 g/mol. The van der Waals surface area contributed by atoms with Gasteiger partial charge in [-0.1, -0.05) is 19.8 Å². The SMILES string of the molecule is CC(=O)CC(=O)C1(C)CCCC1. The van der Waals surface area contributed by atoms with E-state index in [4.69, 9.17) is 0 Å². The van der Waals surface area contributed by atoms with Gasteiger partial charge < -0.3 is 0 Å². The van der Waals surface area contributed by atoms with Crippen LogP contribution in [0.5, 0.6) is 0 Å². The highest BCUT2D eigenvalue weighted by Gasteiger charge is 2.35. The number of ketones is 2. The second-order valence-electron chi connectivity index (χ2n) is 4.07. The van der Waals surface area contributed by atoms with Crippen LogP contribution in [0.4, 0.5) is 0 Å². The molecule has 1 aliphatic carbocycles. The third-order valence-electron chi connectivity index (χ3n) is 2.79. The molecule has 1 fully saturated rings. The zero-order valence-electron chi connectivity index (χ0n) is 7.85. The first-order chi connectivity index (χ1) is 5.54. The molecule has 0 amide bonds. The molecule has 0 aromatic carbocycles. The summed E-state index contributed by atoms with van der Waals surface area (Å²) in [4.78, 5) is 22.3. The Kier molecular flexibility index (Phi) is 2.65. The van der Waals surface area contributed by atoms with Gasteiger partial charge in [0, 0.05) is 5.41 Å². The van der Waals surface area contributed by atoms with E-state index in [1.165, 1.54) is 6.92 Å². The molecule has 12 heavy (non-hydrogen) atoms. The molecule has 2 heteroatoms. The highest BCUT2D eigenvalue weighted by atomic mass is 16.1. The minimum absolute atomic E-state index is 0.00637. The van der Waals surface area contributed by atoms with Gasteiger partial charge in [-0.3, -0.25) is 9.59 Å². The Labute approximate surface area is 73.3 Å². The average Bonchev–Trinajstić information content (AvgIpc) is 2.36. The molecule has 2 nitrogen and oxygen atoms in total. The fraction of sp³-hybridized carbons (Fsp3) is 0.800. The molecule has 0 unspecified atom stereocenters. The van der Waals surface area contributed by atoms with Gasteiger partial charge in [-0.2, -0.15) is 0 Å². The number of rotatable bonds is 3. The van der Waals surface area contributed by atoms with Gasteiger partial charge in [0.05, 0.1) is 6.42 Å². The van der Waals surface area contributed by atoms with Crippen LogP contribution in [-0.4, -0.2) is 11.6 Å². The highest BCUT2D eigenvalue weighted by molar-refractivity contribution is 6.00. The maximum atomic E-state index is 11.6. The van der Waals surface area contributed by atoms with E-state index < -0.39 is 0 Å². The van der Waals surface area contributed by atoms with E-state index in [1.54, 1.807) is 0 Å². The lowest BCUT2D eigenvalue weighted by Gasteiger charge is -2.20. The van der Waals surface area contributed by atoms with Gasteiger partial charge in [0.1, 0.15) is 11.6 Å². The van der Waals surface area contributed by atoms with Gasteiger partial charge in [-0.25, -0.2) is 0 Å². The van der Waals surface area contributed by atoms with Crippen molar-refractivity contribution in [1.82, 2.24) is 0 Å². The van der Waals surface area contributed by atoms with Crippen molar-refractivity contribution < 1.29 is 9.59 Å². The Morgan fingerprint density at radius 2 is 1.75 bits per heavy atom. The van der Waals surface area contributed by atoms with Gasteiger partial charge in [0.2, 0.25) is 0 Å². The third-order valence-corrected chi connectivity index (χ3v) is 2.79. The number of carbonyl (C=O) groups excluding carboxylic acids is 2. The van der Waals surface area contributed by atoms with E-state index in [1.807, 2.05) is 6.92 Å². The van der Waals surface area contributed by atoms with Crippen molar-refractivity contribution in [2.24, 2.45) is 5.41 Å². The Morgan fingerprint density at radius 1 is 1.25 bits per heavy atom. The monoisotopic (exact) mass is 168 g/mol. The number of hydrogen-bond donors (Lipinski definition) is 0. The number of hydrogen-bond acceptors (Lipinski definition) is 2. The highest BCUT2D eigenvalue weighted by Crippen LogP contribution is 2.38. The molecule has 0 heterocycles. The molecule has 1 aliphatic rings. The molecule has 0 bridgehead atoms. The van der Waals surface area contributed by atoms with Crippen LogP contribution in [0.25, 0.3) is 0 Å². The predicted molar refractivity (Wildman–Crippen MR) is 46.9 cm³/mol. The lowest BCUT2D eigenvalue weighted by Crippen LogP contribution is -2.25.